The van der Waals surface area contributed by atoms with Crippen LogP contribution in [0.25, 0.3) is 0 Å². The zero-order chi connectivity index (χ0) is 12.5. The number of hydrogen-bond donors (Lipinski definition) is 1. The first-order valence-corrected chi connectivity index (χ1v) is 5.85. The van der Waals surface area contributed by atoms with Crippen molar-refractivity contribution in [3.63, 3.8) is 0 Å². The maximum Gasteiger partial charge on any atom is 0.318 e. The second kappa shape index (κ2) is 4.55. The number of halogens is 2. The predicted octanol–water partition coefficient (Wildman–Crippen LogP) is 3.83. The Morgan fingerprint density at radius 3 is 2.59 bits per heavy atom. The summed E-state index contributed by atoms with van der Waals surface area (Å²) >= 11 is 11.9. The molecule has 1 atom stereocenters. The molecule has 0 spiro atoms. The standard InChI is InChI=1S/C13H10Cl2O2/c14-9-4-5-10(11(15)8-9)13(12(16)17)6-2-1-3-7-13/h1-6,8H,7H2,(H,16,17). The van der Waals surface area contributed by atoms with E-state index in [1.807, 2.05) is 12.2 Å². The fraction of sp³-hybridized carbons (Fsp3) is 0.154. The molecule has 1 aromatic rings. The number of carboxylic acid groups (broad SMARTS) is 1. The Labute approximate surface area is 109 Å². The monoisotopic (exact) mass is 268 g/mol. The van der Waals surface area contributed by atoms with Crippen LogP contribution in [0.1, 0.15) is 12.0 Å². The number of allylic oxidation sites excluding steroid dienone is 3. The highest BCUT2D eigenvalue weighted by Gasteiger charge is 2.39. The molecule has 2 nitrogen and oxygen atoms in total. The molecule has 0 heterocycles. The molecule has 2 rings (SSSR count). The van der Waals surface area contributed by atoms with Gasteiger partial charge >= 0.3 is 5.97 Å². The zero-order valence-corrected chi connectivity index (χ0v) is 10.4. The number of hydrogen-bond acceptors (Lipinski definition) is 1. The molecule has 4 heteroatoms. The Morgan fingerprint density at radius 2 is 2.06 bits per heavy atom. The van der Waals surface area contributed by atoms with E-state index in [1.165, 1.54) is 0 Å². The van der Waals surface area contributed by atoms with Crippen molar-refractivity contribution in [2.24, 2.45) is 0 Å². The van der Waals surface area contributed by atoms with Gasteiger partial charge in [-0.1, -0.05) is 53.6 Å². The predicted molar refractivity (Wildman–Crippen MR) is 68.7 cm³/mol. The number of benzene rings is 1. The van der Waals surface area contributed by atoms with Gasteiger partial charge in [0.05, 0.1) is 0 Å². The normalized spacial score (nSPS) is 22.7. The van der Waals surface area contributed by atoms with E-state index < -0.39 is 11.4 Å². The van der Waals surface area contributed by atoms with Crippen LogP contribution in [0.4, 0.5) is 0 Å². The molecule has 0 aromatic heterocycles. The summed E-state index contributed by atoms with van der Waals surface area (Å²) in [4.78, 5) is 11.5. The molecule has 1 aliphatic rings. The van der Waals surface area contributed by atoms with E-state index in [4.69, 9.17) is 23.2 Å². The lowest BCUT2D eigenvalue weighted by atomic mass is 9.75. The first-order valence-electron chi connectivity index (χ1n) is 5.09. The van der Waals surface area contributed by atoms with Crippen LogP contribution in [-0.2, 0) is 10.2 Å². The van der Waals surface area contributed by atoms with Crippen molar-refractivity contribution >= 4 is 29.2 Å². The Hall–Kier alpha value is -1.25. The van der Waals surface area contributed by atoms with Crippen molar-refractivity contribution in [1.29, 1.82) is 0 Å². The summed E-state index contributed by atoms with van der Waals surface area (Å²) in [6.07, 6.45) is 7.41. The van der Waals surface area contributed by atoms with Crippen molar-refractivity contribution < 1.29 is 9.90 Å². The molecular formula is C13H10Cl2O2. The molecule has 17 heavy (non-hydrogen) atoms. The summed E-state index contributed by atoms with van der Waals surface area (Å²) in [6, 6.07) is 4.89. The molecule has 1 N–H and O–H groups in total. The summed E-state index contributed by atoms with van der Waals surface area (Å²) in [7, 11) is 0. The fourth-order valence-electron chi connectivity index (χ4n) is 1.95. The molecule has 0 saturated heterocycles. The molecule has 0 radical (unpaired) electrons. The summed E-state index contributed by atoms with van der Waals surface area (Å²) in [6.45, 7) is 0. The van der Waals surface area contributed by atoms with Gasteiger partial charge < -0.3 is 5.11 Å². The van der Waals surface area contributed by atoms with Crippen molar-refractivity contribution in [3.05, 3.63) is 58.1 Å². The van der Waals surface area contributed by atoms with E-state index in [-0.39, 0.29) is 0 Å². The van der Waals surface area contributed by atoms with Gasteiger partial charge in [-0.15, -0.1) is 0 Å². The van der Waals surface area contributed by atoms with Crippen molar-refractivity contribution in [2.45, 2.75) is 11.8 Å². The van der Waals surface area contributed by atoms with Crippen LogP contribution < -0.4 is 0 Å². The second-order valence-corrected chi connectivity index (χ2v) is 4.74. The molecular weight excluding hydrogens is 259 g/mol. The molecule has 1 aliphatic carbocycles. The van der Waals surface area contributed by atoms with Gasteiger partial charge in [-0.05, 0) is 24.1 Å². The number of carboxylic acids is 1. The van der Waals surface area contributed by atoms with Crippen LogP contribution in [0.5, 0.6) is 0 Å². The highest BCUT2D eigenvalue weighted by molar-refractivity contribution is 6.35. The number of rotatable bonds is 2. The maximum atomic E-state index is 11.5. The molecule has 0 fully saturated rings. The molecule has 0 bridgehead atoms. The minimum Gasteiger partial charge on any atom is -0.480 e. The van der Waals surface area contributed by atoms with Crippen LogP contribution in [0.2, 0.25) is 10.0 Å². The molecule has 0 aliphatic heterocycles. The second-order valence-electron chi connectivity index (χ2n) is 3.89. The van der Waals surface area contributed by atoms with Gasteiger partial charge in [-0.2, -0.15) is 0 Å². The van der Waals surface area contributed by atoms with Crippen LogP contribution in [-0.4, -0.2) is 11.1 Å². The lowest BCUT2D eigenvalue weighted by Crippen LogP contribution is -2.34. The van der Waals surface area contributed by atoms with Crippen LogP contribution in [0.15, 0.2) is 42.5 Å². The lowest BCUT2D eigenvalue weighted by Gasteiger charge is -2.28. The van der Waals surface area contributed by atoms with E-state index in [2.05, 4.69) is 0 Å². The van der Waals surface area contributed by atoms with Gasteiger partial charge in [0.2, 0.25) is 0 Å². The molecule has 1 unspecified atom stereocenters. The zero-order valence-electron chi connectivity index (χ0n) is 8.86. The van der Waals surface area contributed by atoms with Gasteiger partial charge in [0.1, 0.15) is 5.41 Å². The molecule has 1 aromatic carbocycles. The van der Waals surface area contributed by atoms with Gasteiger partial charge in [0, 0.05) is 10.0 Å². The Kier molecular flexibility index (Phi) is 3.27. The number of carbonyl (C=O) groups is 1. The minimum atomic E-state index is -1.09. The third kappa shape index (κ3) is 2.11. The summed E-state index contributed by atoms with van der Waals surface area (Å²) in [5, 5.41) is 10.3. The first kappa shape index (κ1) is 12.2. The summed E-state index contributed by atoms with van der Waals surface area (Å²) in [5.74, 6) is -0.915. The Morgan fingerprint density at radius 1 is 1.29 bits per heavy atom. The van der Waals surface area contributed by atoms with E-state index in [0.717, 1.165) is 0 Å². The lowest BCUT2D eigenvalue weighted by molar-refractivity contribution is -0.141. The fourth-order valence-corrected chi connectivity index (χ4v) is 2.52. The third-order valence-electron chi connectivity index (χ3n) is 2.86. The summed E-state index contributed by atoms with van der Waals surface area (Å²) < 4.78 is 0. The minimum absolute atomic E-state index is 0.375. The number of aliphatic carboxylic acids is 1. The van der Waals surface area contributed by atoms with Gasteiger partial charge in [0.25, 0.3) is 0 Å². The van der Waals surface area contributed by atoms with Crippen molar-refractivity contribution in [3.8, 4) is 0 Å². The van der Waals surface area contributed by atoms with E-state index in [1.54, 1.807) is 30.4 Å². The highest BCUT2D eigenvalue weighted by Crippen LogP contribution is 2.38. The quantitative estimate of drug-likeness (QED) is 0.885. The van der Waals surface area contributed by atoms with Gasteiger partial charge in [-0.25, -0.2) is 0 Å². The van der Waals surface area contributed by atoms with Crippen molar-refractivity contribution in [1.82, 2.24) is 0 Å². The molecule has 88 valence electrons. The molecule has 0 amide bonds. The highest BCUT2D eigenvalue weighted by atomic mass is 35.5. The average Bonchev–Trinajstić information content (AvgIpc) is 2.29. The smallest absolute Gasteiger partial charge is 0.318 e. The summed E-state index contributed by atoms with van der Waals surface area (Å²) in [5.41, 5.74) is -0.521. The topological polar surface area (TPSA) is 37.3 Å². The Bertz CT molecular complexity index is 520. The third-order valence-corrected chi connectivity index (χ3v) is 3.41. The van der Waals surface area contributed by atoms with Crippen LogP contribution in [0, 0.1) is 0 Å². The van der Waals surface area contributed by atoms with Crippen LogP contribution in [0.3, 0.4) is 0 Å². The van der Waals surface area contributed by atoms with E-state index >= 15 is 0 Å². The van der Waals surface area contributed by atoms with E-state index in [9.17, 15) is 9.90 Å². The first-order chi connectivity index (χ1) is 8.06. The molecule has 0 saturated carbocycles. The SMILES string of the molecule is O=C(O)C1(c2ccc(Cl)cc2Cl)C=CC=CC1. The van der Waals surface area contributed by atoms with Gasteiger partial charge in [0.15, 0.2) is 0 Å². The maximum absolute atomic E-state index is 11.5. The van der Waals surface area contributed by atoms with E-state index in [0.29, 0.717) is 22.0 Å². The Balaban J connectivity index is 2.58. The van der Waals surface area contributed by atoms with Gasteiger partial charge in [-0.3, -0.25) is 4.79 Å². The van der Waals surface area contributed by atoms with Crippen molar-refractivity contribution in [2.75, 3.05) is 0 Å². The van der Waals surface area contributed by atoms with Crippen LogP contribution >= 0.6 is 23.2 Å². The average molecular weight is 269 g/mol. The largest absolute Gasteiger partial charge is 0.480 e.